The van der Waals surface area contributed by atoms with Gasteiger partial charge in [-0.1, -0.05) is 38.1 Å². The van der Waals surface area contributed by atoms with E-state index in [4.69, 9.17) is 0 Å². The van der Waals surface area contributed by atoms with Gasteiger partial charge in [-0.05, 0) is 48.6 Å². The highest BCUT2D eigenvalue weighted by atomic mass is 16.3. The molecule has 0 aliphatic heterocycles. The van der Waals surface area contributed by atoms with E-state index < -0.39 is 0 Å². The van der Waals surface area contributed by atoms with E-state index in [0.717, 1.165) is 18.8 Å². The third-order valence-electron chi connectivity index (χ3n) is 3.85. The summed E-state index contributed by atoms with van der Waals surface area (Å²) in [5, 5.41) is 10.1. The summed E-state index contributed by atoms with van der Waals surface area (Å²) >= 11 is 0. The van der Waals surface area contributed by atoms with Crippen LogP contribution in [0, 0.1) is 11.8 Å². The van der Waals surface area contributed by atoms with Crippen molar-refractivity contribution in [3.8, 4) is 0 Å². The van der Waals surface area contributed by atoms with E-state index >= 15 is 0 Å². The Morgan fingerprint density at radius 2 is 1.75 bits per heavy atom. The summed E-state index contributed by atoms with van der Waals surface area (Å²) in [6, 6.07) is 8.65. The quantitative estimate of drug-likeness (QED) is 0.804. The van der Waals surface area contributed by atoms with Gasteiger partial charge in [0.1, 0.15) is 0 Å². The van der Waals surface area contributed by atoms with Crippen LogP contribution in [0.5, 0.6) is 0 Å². The SMILES string of the molecule is CCc1ccc(CC(O)C(C)C2CC2)cc1. The van der Waals surface area contributed by atoms with Crippen molar-refractivity contribution >= 4 is 0 Å². The molecule has 16 heavy (non-hydrogen) atoms. The number of hydrogen-bond acceptors (Lipinski definition) is 1. The van der Waals surface area contributed by atoms with Gasteiger partial charge >= 0.3 is 0 Å². The van der Waals surface area contributed by atoms with Crippen LogP contribution < -0.4 is 0 Å². The van der Waals surface area contributed by atoms with Gasteiger partial charge in [0.15, 0.2) is 0 Å². The fourth-order valence-corrected chi connectivity index (χ4v) is 2.27. The summed E-state index contributed by atoms with van der Waals surface area (Å²) in [4.78, 5) is 0. The van der Waals surface area contributed by atoms with E-state index in [0.29, 0.717) is 5.92 Å². The minimum Gasteiger partial charge on any atom is -0.392 e. The van der Waals surface area contributed by atoms with Gasteiger partial charge in [-0.2, -0.15) is 0 Å². The summed E-state index contributed by atoms with van der Waals surface area (Å²) in [6.07, 6.45) is 4.35. The van der Waals surface area contributed by atoms with E-state index in [9.17, 15) is 5.11 Å². The van der Waals surface area contributed by atoms with E-state index in [-0.39, 0.29) is 6.10 Å². The van der Waals surface area contributed by atoms with Crippen LogP contribution in [-0.2, 0) is 12.8 Å². The first-order chi connectivity index (χ1) is 7.70. The first-order valence-corrected chi connectivity index (χ1v) is 6.46. The molecule has 2 rings (SSSR count). The summed E-state index contributed by atoms with van der Waals surface area (Å²) < 4.78 is 0. The molecule has 0 saturated heterocycles. The summed E-state index contributed by atoms with van der Waals surface area (Å²) in [5.41, 5.74) is 2.63. The Balaban J connectivity index is 1.91. The normalized spacial score (nSPS) is 19.4. The van der Waals surface area contributed by atoms with Crippen LogP contribution in [0.15, 0.2) is 24.3 Å². The molecule has 1 N–H and O–H groups in total. The number of aliphatic hydroxyl groups is 1. The zero-order chi connectivity index (χ0) is 11.5. The summed E-state index contributed by atoms with van der Waals surface area (Å²) in [5.74, 6) is 1.25. The van der Waals surface area contributed by atoms with Crippen LogP contribution in [0.3, 0.4) is 0 Å². The predicted molar refractivity (Wildman–Crippen MR) is 67.4 cm³/mol. The molecule has 1 aromatic rings. The molecule has 0 radical (unpaired) electrons. The number of hydrogen-bond donors (Lipinski definition) is 1. The maximum absolute atomic E-state index is 10.1. The molecule has 0 bridgehead atoms. The van der Waals surface area contributed by atoms with Crippen molar-refractivity contribution in [3.63, 3.8) is 0 Å². The summed E-state index contributed by atoms with van der Waals surface area (Å²) in [6.45, 7) is 4.35. The van der Waals surface area contributed by atoms with Gasteiger partial charge in [0, 0.05) is 0 Å². The van der Waals surface area contributed by atoms with Crippen molar-refractivity contribution in [1.29, 1.82) is 0 Å². The fraction of sp³-hybridized carbons (Fsp3) is 0.600. The van der Waals surface area contributed by atoms with Crippen LogP contribution in [0.25, 0.3) is 0 Å². The Hall–Kier alpha value is -0.820. The van der Waals surface area contributed by atoms with E-state index in [1.807, 2.05) is 0 Å². The molecule has 0 heterocycles. The number of benzene rings is 1. The van der Waals surface area contributed by atoms with Gasteiger partial charge in [-0.25, -0.2) is 0 Å². The van der Waals surface area contributed by atoms with Gasteiger partial charge in [0.2, 0.25) is 0 Å². The molecule has 2 unspecified atom stereocenters. The number of aliphatic hydroxyl groups excluding tert-OH is 1. The molecule has 1 aromatic carbocycles. The third kappa shape index (κ3) is 2.85. The Kier molecular flexibility index (Phi) is 3.65. The lowest BCUT2D eigenvalue weighted by Gasteiger charge is -2.18. The molecule has 0 amide bonds. The average Bonchev–Trinajstić information content (AvgIpc) is 3.13. The smallest absolute Gasteiger partial charge is 0.0608 e. The van der Waals surface area contributed by atoms with Crippen LogP contribution in [0.1, 0.15) is 37.8 Å². The monoisotopic (exact) mass is 218 g/mol. The Morgan fingerprint density at radius 1 is 1.19 bits per heavy atom. The van der Waals surface area contributed by atoms with Gasteiger partial charge in [-0.15, -0.1) is 0 Å². The molecule has 88 valence electrons. The lowest BCUT2D eigenvalue weighted by molar-refractivity contribution is 0.105. The van der Waals surface area contributed by atoms with Crippen LogP contribution in [0.4, 0.5) is 0 Å². The van der Waals surface area contributed by atoms with Crippen molar-refractivity contribution in [1.82, 2.24) is 0 Å². The highest BCUT2D eigenvalue weighted by Gasteiger charge is 2.32. The van der Waals surface area contributed by atoms with Gasteiger partial charge in [0.05, 0.1) is 6.10 Å². The highest BCUT2D eigenvalue weighted by molar-refractivity contribution is 5.23. The summed E-state index contributed by atoms with van der Waals surface area (Å²) in [7, 11) is 0. The maximum atomic E-state index is 10.1. The first-order valence-electron chi connectivity index (χ1n) is 6.46. The first kappa shape index (κ1) is 11.7. The van der Waals surface area contributed by atoms with Crippen molar-refractivity contribution in [2.45, 2.75) is 45.6 Å². The minimum atomic E-state index is -0.167. The molecule has 0 spiro atoms. The minimum absolute atomic E-state index is 0.167. The molecule has 1 nitrogen and oxygen atoms in total. The molecular formula is C15H22O. The van der Waals surface area contributed by atoms with Gasteiger partial charge in [-0.3, -0.25) is 0 Å². The lowest BCUT2D eigenvalue weighted by atomic mass is 9.93. The van der Waals surface area contributed by atoms with Gasteiger partial charge < -0.3 is 5.11 Å². The van der Waals surface area contributed by atoms with Crippen LogP contribution >= 0.6 is 0 Å². The molecular weight excluding hydrogens is 196 g/mol. The molecule has 1 heteroatoms. The Labute approximate surface area is 98.5 Å². The molecule has 0 aromatic heterocycles. The molecule has 2 atom stereocenters. The number of aryl methyl sites for hydroxylation is 1. The predicted octanol–water partition coefficient (Wildman–Crippen LogP) is 3.20. The number of rotatable bonds is 5. The van der Waals surface area contributed by atoms with E-state index in [2.05, 4.69) is 38.1 Å². The largest absolute Gasteiger partial charge is 0.392 e. The van der Waals surface area contributed by atoms with Crippen molar-refractivity contribution in [3.05, 3.63) is 35.4 Å². The molecule has 1 saturated carbocycles. The maximum Gasteiger partial charge on any atom is 0.0608 e. The van der Waals surface area contributed by atoms with E-state index in [1.54, 1.807) is 0 Å². The fourth-order valence-electron chi connectivity index (χ4n) is 2.27. The third-order valence-corrected chi connectivity index (χ3v) is 3.85. The average molecular weight is 218 g/mol. The van der Waals surface area contributed by atoms with E-state index in [1.165, 1.54) is 24.0 Å². The molecule has 1 aliphatic carbocycles. The Bertz CT molecular complexity index is 324. The zero-order valence-electron chi connectivity index (χ0n) is 10.3. The molecule has 1 aliphatic rings. The zero-order valence-corrected chi connectivity index (χ0v) is 10.3. The lowest BCUT2D eigenvalue weighted by Crippen LogP contribution is -2.21. The van der Waals surface area contributed by atoms with Crippen LogP contribution in [0.2, 0.25) is 0 Å². The standard InChI is InChI=1S/C15H22O/c1-3-12-4-6-13(7-5-12)10-15(16)11(2)14-8-9-14/h4-7,11,14-16H,3,8-10H2,1-2H3. The van der Waals surface area contributed by atoms with Gasteiger partial charge in [0.25, 0.3) is 0 Å². The Morgan fingerprint density at radius 3 is 2.25 bits per heavy atom. The van der Waals surface area contributed by atoms with Crippen molar-refractivity contribution in [2.24, 2.45) is 11.8 Å². The second-order valence-electron chi connectivity index (χ2n) is 5.14. The van der Waals surface area contributed by atoms with Crippen molar-refractivity contribution in [2.75, 3.05) is 0 Å². The second kappa shape index (κ2) is 5.01. The second-order valence-corrected chi connectivity index (χ2v) is 5.14. The topological polar surface area (TPSA) is 20.2 Å². The highest BCUT2D eigenvalue weighted by Crippen LogP contribution is 2.38. The molecule has 1 fully saturated rings. The van der Waals surface area contributed by atoms with Crippen LogP contribution in [-0.4, -0.2) is 11.2 Å². The van der Waals surface area contributed by atoms with Crippen molar-refractivity contribution < 1.29 is 5.11 Å².